The second-order valence-electron chi connectivity index (χ2n) is 5.01. The average Bonchev–Trinajstić information content (AvgIpc) is 2.68. The molecular formula is C14H17N3O3. The van der Waals surface area contributed by atoms with Crippen LogP contribution in [-0.4, -0.2) is 35.3 Å². The van der Waals surface area contributed by atoms with Crippen molar-refractivity contribution in [3.63, 3.8) is 0 Å². The lowest BCUT2D eigenvalue weighted by Crippen LogP contribution is -2.39. The molecule has 1 aromatic rings. The van der Waals surface area contributed by atoms with Crippen molar-refractivity contribution in [2.75, 3.05) is 11.9 Å². The molecule has 0 bridgehead atoms. The first-order chi connectivity index (χ1) is 9.49. The van der Waals surface area contributed by atoms with E-state index in [1.165, 1.54) is 0 Å². The van der Waals surface area contributed by atoms with E-state index in [2.05, 4.69) is 10.6 Å². The Kier molecular flexibility index (Phi) is 4.02. The van der Waals surface area contributed by atoms with Crippen molar-refractivity contribution in [3.8, 4) is 0 Å². The Bertz CT molecular complexity index is 528. The monoisotopic (exact) mass is 275 g/mol. The van der Waals surface area contributed by atoms with Gasteiger partial charge in [-0.3, -0.25) is 14.5 Å². The first kappa shape index (κ1) is 14.0. The lowest BCUT2D eigenvalue weighted by molar-refractivity contribution is -0.131. The van der Waals surface area contributed by atoms with E-state index in [-0.39, 0.29) is 18.4 Å². The summed E-state index contributed by atoms with van der Waals surface area (Å²) in [5, 5.41) is 5.22. The van der Waals surface area contributed by atoms with Crippen molar-refractivity contribution in [2.24, 2.45) is 5.92 Å². The molecule has 6 nitrogen and oxygen atoms in total. The van der Waals surface area contributed by atoms with Gasteiger partial charge in [-0.15, -0.1) is 0 Å². The standard InChI is InChI=1S/C14H17N3O3/c1-9(2)12-13(19)17(14(20)16-12)8-11(18)15-10-6-4-3-5-7-10/h3-7,9,12H,8H2,1-2H3,(H,15,18)(H,16,20). The van der Waals surface area contributed by atoms with Gasteiger partial charge in [-0.05, 0) is 18.1 Å². The molecule has 0 spiro atoms. The summed E-state index contributed by atoms with van der Waals surface area (Å²) in [5.41, 5.74) is 0.630. The maximum absolute atomic E-state index is 12.0. The van der Waals surface area contributed by atoms with Gasteiger partial charge >= 0.3 is 6.03 Å². The Hall–Kier alpha value is -2.37. The Morgan fingerprint density at radius 1 is 1.30 bits per heavy atom. The van der Waals surface area contributed by atoms with E-state index in [0.717, 1.165) is 4.90 Å². The number of imide groups is 1. The number of carbonyl (C=O) groups excluding carboxylic acids is 3. The molecule has 2 rings (SSSR count). The fourth-order valence-corrected chi connectivity index (χ4v) is 2.01. The van der Waals surface area contributed by atoms with Gasteiger partial charge in [0.05, 0.1) is 0 Å². The highest BCUT2D eigenvalue weighted by Gasteiger charge is 2.40. The van der Waals surface area contributed by atoms with E-state index >= 15 is 0 Å². The summed E-state index contributed by atoms with van der Waals surface area (Å²) in [5.74, 6) is -0.758. The lowest BCUT2D eigenvalue weighted by atomic mass is 10.1. The van der Waals surface area contributed by atoms with E-state index in [9.17, 15) is 14.4 Å². The third kappa shape index (κ3) is 2.96. The predicted octanol–water partition coefficient (Wildman–Crippen LogP) is 1.20. The zero-order valence-corrected chi connectivity index (χ0v) is 11.4. The maximum Gasteiger partial charge on any atom is 0.325 e. The number of para-hydroxylation sites is 1. The van der Waals surface area contributed by atoms with Crippen molar-refractivity contribution in [1.82, 2.24) is 10.2 Å². The first-order valence-corrected chi connectivity index (χ1v) is 6.46. The molecule has 0 radical (unpaired) electrons. The Morgan fingerprint density at radius 2 is 1.95 bits per heavy atom. The van der Waals surface area contributed by atoms with Crippen molar-refractivity contribution in [2.45, 2.75) is 19.9 Å². The summed E-state index contributed by atoms with van der Waals surface area (Å²) >= 11 is 0. The summed E-state index contributed by atoms with van der Waals surface area (Å²) in [7, 11) is 0. The molecule has 20 heavy (non-hydrogen) atoms. The number of carbonyl (C=O) groups is 3. The van der Waals surface area contributed by atoms with Crippen molar-refractivity contribution >= 4 is 23.5 Å². The summed E-state index contributed by atoms with van der Waals surface area (Å²) < 4.78 is 0. The molecule has 1 aliphatic heterocycles. The number of hydrogen-bond donors (Lipinski definition) is 2. The topological polar surface area (TPSA) is 78.5 Å². The summed E-state index contributed by atoms with van der Waals surface area (Å²) in [6.07, 6.45) is 0. The number of anilines is 1. The van der Waals surface area contributed by atoms with Gasteiger partial charge in [0.1, 0.15) is 12.6 Å². The number of rotatable bonds is 4. The van der Waals surface area contributed by atoms with Gasteiger partial charge in [-0.2, -0.15) is 0 Å². The minimum atomic E-state index is -0.549. The highest BCUT2D eigenvalue weighted by molar-refractivity contribution is 6.08. The molecule has 1 heterocycles. The quantitative estimate of drug-likeness (QED) is 0.810. The molecule has 0 aliphatic carbocycles. The largest absolute Gasteiger partial charge is 0.326 e. The van der Waals surface area contributed by atoms with Gasteiger partial charge in [0.15, 0.2) is 0 Å². The van der Waals surface area contributed by atoms with Crippen molar-refractivity contribution in [1.29, 1.82) is 0 Å². The van der Waals surface area contributed by atoms with Crippen LogP contribution in [0.25, 0.3) is 0 Å². The highest BCUT2D eigenvalue weighted by atomic mass is 16.2. The summed E-state index contributed by atoms with van der Waals surface area (Å²) in [4.78, 5) is 36.5. The fraction of sp³-hybridized carbons (Fsp3) is 0.357. The Labute approximate surface area is 117 Å². The minimum absolute atomic E-state index is 0.00589. The lowest BCUT2D eigenvalue weighted by Gasteiger charge is -2.14. The average molecular weight is 275 g/mol. The predicted molar refractivity (Wildman–Crippen MR) is 73.9 cm³/mol. The van der Waals surface area contributed by atoms with E-state index in [4.69, 9.17) is 0 Å². The molecule has 4 amide bonds. The summed E-state index contributed by atoms with van der Waals surface area (Å²) in [6.45, 7) is 3.41. The van der Waals surface area contributed by atoms with Crippen LogP contribution in [0, 0.1) is 5.92 Å². The van der Waals surface area contributed by atoms with Crippen LogP contribution < -0.4 is 10.6 Å². The minimum Gasteiger partial charge on any atom is -0.326 e. The maximum atomic E-state index is 12.0. The Morgan fingerprint density at radius 3 is 2.50 bits per heavy atom. The van der Waals surface area contributed by atoms with Crippen LogP contribution in [0.2, 0.25) is 0 Å². The van der Waals surface area contributed by atoms with Gasteiger partial charge < -0.3 is 10.6 Å². The van der Waals surface area contributed by atoms with Crippen LogP contribution in [0.5, 0.6) is 0 Å². The van der Waals surface area contributed by atoms with Crippen LogP contribution in [0.1, 0.15) is 13.8 Å². The zero-order chi connectivity index (χ0) is 14.7. The molecule has 0 saturated carbocycles. The number of urea groups is 1. The van der Waals surface area contributed by atoms with Crippen LogP contribution >= 0.6 is 0 Å². The molecule has 2 N–H and O–H groups in total. The number of nitrogens with zero attached hydrogens (tertiary/aromatic N) is 1. The van der Waals surface area contributed by atoms with Gasteiger partial charge in [0.2, 0.25) is 5.91 Å². The van der Waals surface area contributed by atoms with Gasteiger partial charge in [-0.25, -0.2) is 4.79 Å². The molecule has 1 saturated heterocycles. The molecule has 0 aromatic heterocycles. The molecule has 1 aromatic carbocycles. The molecule has 1 atom stereocenters. The van der Waals surface area contributed by atoms with Crippen LogP contribution in [0.3, 0.4) is 0 Å². The number of nitrogens with one attached hydrogen (secondary N) is 2. The van der Waals surface area contributed by atoms with E-state index < -0.39 is 18.0 Å². The van der Waals surface area contributed by atoms with Crippen molar-refractivity contribution < 1.29 is 14.4 Å². The number of amides is 4. The van der Waals surface area contributed by atoms with Gasteiger partial charge in [-0.1, -0.05) is 32.0 Å². The van der Waals surface area contributed by atoms with Gasteiger partial charge in [0.25, 0.3) is 5.91 Å². The fourth-order valence-electron chi connectivity index (χ4n) is 2.01. The number of benzene rings is 1. The molecule has 1 fully saturated rings. The van der Waals surface area contributed by atoms with E-state index in [0.29, 0.717) is 5.69 Å². The van der Waals surface area contributed by atoms with E-state index in [1.54, 1.807) is 24.3 Å². The van der Waals surface area contributed by atoms with Crippen molar-refractivity contribution in [3.05, 3.63) is 30.3 Å². The van der Waals surface area contributed by atoms with Crippen LogP contribution in [-0.2, 0) is 9.59 Å². The second-order valence-corrected chi connectivity index (χ2v) is 5.01. The normalized spacial score (nSPS) is 18.4. The first-order valence-electron chi connectivity index (χ1n) is 6.46. The molecule has 106 valence electrons. The molecular weight excluding hydrogens is 258 g/mol. The third-order valence-corrected chi connectivity index (χ3v) is 3.08. The highest BCUT2D eigenvalue weighted by Crippen LogP contribution is 2.14. The smallest absolute Gasteiger partial charge is 0.325 e. The molecule has 1 unspecified atom stereocenters. The third-order valence-electron chi connectivity index (χ3n) is 3.08. The van der Waals surface area contributed by atoms with Gasteiger partial charge in [0, 0.05) is 5.69 Å². The van der Waals surface area contributed by atoms with E-state index in [1.807, 2.05) is 19.9 Å². The Balaban J connectivity index is 1.98. The number of hydrogen-bond acceptors (Lipinski definition) is 3. The summed E-state index contributed by atoms with van der Waals surface area (Å²) in [6, 6.07) is 7.82. The van der Waals surface area contributed by atoms with Crippen LogP contribution in [0.15, 0.2) is 30.3 Å². The van der Waals surface area contributed by atoms with Crippen LogP contribution in [0.4, 0.5) is 10.5 Å². The second kappa shape index (κ2) is 5.73. The molecule has 6 heteroatoms. The SMILES string of the molecule is CC(C)C1NC(=O)N(CC(=O)Nc2ccccc2)C1=O. The molecule has 1 aliphatic rings. The zero-order valence-electron chi connectivity index (χ0n) is 11.4.